The lowest BCUT2D eigenvalue weighted by Crippen LogP contribution is -2.49. The van der Waals surface area contributed by atoms with Crippen LogP contribution in [-0.2, 0) is 11.3 Å². The maximum absolute atomic E-state index is 13.2. The zero-order valence-electron chi connectivity index (χ0n) is 13.4. The SMILES string of the molecule is COC(=O)N1CCC(NC(=O)NCc2ccc(F)c(C)c2)CC1. The number of amides is 3. The third kappa shape index (κ3) is 4.84. The Bertz CT molecular complexity index is 572. The molecule has 0 aromatic heterocycles. The van der Waals surface area contributed by atoms with E-state index in [2.05, 4.69) is 15.4 Å². The Morgan fingerprint density at radius 3 is 2.65 bits per heavy atom. The number of likely N-dealkylation sites (tertiary alicyclic amines) is 1. The minimum Gasteiger partial charge on any atom is -0.453 e. The molecule has 1 aromatic carbocycles. The first kappa shape index (κ1) is 17.1. The summed E-state index contributed by atoms with van der Waals surface area (Å²) in [6.45, 7) is 3.16. The van der Waals surface area contributed by atoms with Gasteiger partial charge in [-0.15, -0.1) is 0 Å². The van der Waals surface area contributed by atoms with Gasteiger partial charge in [0.25, 0.3) is 0 Å². The Hall–Kier alpha value is -2.31. The van der Waals surface area contributed by atoms with Gasteiger partial charge in [-0.2, -0.15) is 0 Å². The Morgan fingerprint density at radius 1 is 1.35 bits per heavy atom. The van der Waals surface area contributed by atoms with Crippen LogP contribution in [0.5, 0.6) is 0 Å². The van der Waals surface area contributed by atoms with Crippen LogP contribution >= 0.6 is 0 Å². The quantitative estimate of drug-likeness (QED) is 0.895. The van der Waals surface area contributed by atoms with Crippen molar-refractivity contribution in [1.29, 1.82) is 0 Å². The number of piperidine rings is 1. The van der Waals surface area contributed by atoms with Crippen LogP contribution in [0.4, 0.5) is 14.0 Å². The van der Waals surface area contributed by atoms with Crippen molar-refractivity contribution in [2.75, 3.05) is 20.2 Å². The molecule has 23 heavy (non-hydrogen) atoms. The van der Waals surface area contributed by atoms with Crippen molar-refractivity contribution >= 4 is 12.1 Å². The zero-order valence-corrected chi connectivity index (χ0v) is 13.4. The number of halogens is 1. The third-order valence-corrected chi connectivity index (χ3v) is 3.94. The Kier molecular flexibility index (Phi) is 5.78. The number of ether oxygens (including phenoxy) is 1. The summed E-state index contributed by atoms with van der Waals surface area (Å²) >= 11 is 0. The monoisotopic (exact) mass is 323 g/mol. The van der Waals surface area contributed by atoms with Crippen LogP contribution in [-0.4, -0.2) is 43.3 Å². The van der Waals surface area contributed by atoms with Gasteiger partial charge in [0.1, 0.15) is 5.82 Å². The van der Waals surface area contributed by atoms with Crippen molar-refractivity contribution in [1.82, 2.24) is 15.5 Å². The van der Waals surface area contributed by atoms with Crippen LogP contribution in [0.15, 0.2) is 18.2 Å². The topological polar surface area (TPSA) is 70.7 Å². The highest BCUT2D eigenvalue weighted by Crippen LogP contribution is 2.11. The molecule has 7 heteroatoms. The molecule has 0 bridgehead atoms. The maximum Gasteiger partial charge on any atom is 0.409 e. The summed E-state index contributed by atoms with van der Waals surface area (Å²) in [4.78, 5) is 24.9. The molecule has 6 nitrogen and oxygen atoms in total. The van der Waals surface area contributed by atoms with Gasteiger partial charge in [0.05, 0.1) is 7.11 Å². The first-order valence-corrected chi connectivity index (χ1v) is 7.62. The van der Waals surface area contributed by atoms with E-state index < -0.39 is 0 Å². The normalized spacial score (nSPS) is 15.2. The number of hydrogen-bond donors (Lipinski definition) is 2. The van der Waals surface area contributed by atoms with E-state index in [1.165, 1.54) is 13.2 Å². The third-order valence-electron chi connectivity index (χ3n) is 3.94. The fourth-order valence-electron chi connectivity index (χ4n) is 2.57. The second-order valence-electron chi connectivity index (χ2n) is 5.64. The highest BCUT2D eigenvalue weighted by molar-refractivity contribution is 5.74. The van der Waals surface area contributed by atoms with E-state index in [1.54, 1.807) is 24.0 Å². The summed E-state index contributed by atoms with van der Waals surface area (Å²) in [6.07, 6.45) is 1.05. The average Bonchev–Trinajstić information content (AvgIpc) is 2.56. The number of carbonyl (C=O) groups is 2. The lowest BCUT2D eigenvalue weighted by atomic mass is 10.1. The Morgan fingerprint density at radius 2 is 2.04 bits per heavy atom. The first-order chi connectivity index (χ1) is 11.0. The number of hydrogen-bond acceptors (Lipinski definition) is 3. The molecule has 0 atom stereocenters. The van der Waals surface area contributed by atoms with Gasteiger partial charge in [-0.05, 0) is 37.0 Å². The number of benzene rings is 1. The highest BCUT2D eigenvalue weighted by Gasteiger charge is 2.24. The van der Waals surface area contributed by atoms with Gasteiger partial charge in [0.2, 0.25) is 0 Å². The van der Waals surface area contributed by atoms with E-state index in [1.807, 2.05) is 0 Å². The van der Waals surface area contributed by atoms with Crippen molar-refractivity contribution < 1.29 is 18.7 Å². The molecular formula is C16H22FN3O3. The van der Waals surface area contributed by atoms with Crippen molar-refractivity contribution in [3.8, 4) is 0 Å². The van der Waals surface area contributed by atoms with Crippen molar-refractivity contribution in [2.24, 2.45) is 0 Å². The number of nitrogens with one attached hydrogen (secondary N) is 2. The van der Waals surface area contributed by atoms with Crippen LogP contribution in [0.3, 0.4) is 0 Å². The zero-order chi connectivity index (χ0) is 16.8. The van der Waals surface area contributed by atoms with Crippen molar-refractivity contribution in [2.45, 2.75) is 32.4 Å². The summed E-state index contributed by atoms with van der Waals surface area (Å²) in [6, 6.07) is 4.53. The molecule has 1 fully saturated rings. The smallest absolute Gasteiger partial charge is 0.409 e. The standard InChI is InChI=1S/C16H22FN3O3/c1-11-9-12(3-4-14(11)17)10-18-15(21)19-13-5-7-20(8-6-13)16(22)23-2/h3-4,9,13H,5-8,10H2,1-2H3,(H2,18,19,21). The molecule has 0 saturated carbocycles. The number of nitrogens with zero attached hydrogens (tertiary/aromatic N) is 1. The highest BCUT2D eigenvalue weighted by atomic mass is 19.1. The first-order valence-electron chi connectivity index (χ1n) is 7.62. The number of urea groups is 1. The van der Waals surface area contributed by atoms with E-state index in [0.29, 0.717) is 38.0 Å². The molecule has 3 amide bonds. The molecule has 1 aliphatic heterocycles. The molecule has 2 N–H and O–H groups in total. The molecule has 0 spiro atoms. The van der Waals surface area contributed by atoms with Crippen molar-refractivity contribution in [3.63, 3.8) is 0 Å². The fourth-order valence-corrected chi connectivity index (χ4v) is 2.57. The summed E-state index contributed by atoms with van der Waals surface area (Å²) < 4.78 is 17.9. The van der Waals surface area contributed by atoms with E-state index in [-0.39, 0.29) is 24.0 Å². The lowest BCUT2D eigenvalue weighted by molar-refractivity contribution is 0.110. The fraction of sp³-hybridized carbons (Fsp3) is 0.500. The van der Waals surface area contributed by atoms with Gasteiger partial charge >= 0.3 is 12.1 Å². The van der Waals surface area contributed by atoms with Crippen LogP contribution in [0, 0.1) is 12.7 Å². The summed E-state index contributed by atoms with van der Waals surface area (Å²) in [5.41, 5.74) is 1.40. The molecule has 1 heterocycles. The lowest BCUT2D eigenvalue weighted by Gasteiger charge is -2.31. The van der Waals surface area contributed by atoms with E-state index in [9.17, 15) is 14.0 Å². The van der Waals surface area contributed by atoms with Crippen LogP contribution < -0.4 is 10.6 Å². The maximum atomic E-state index is 13.2. The second-order valence-corrected chi connectivity index (χ2v) is 5.64. The molecule has 0 radical (unpaired) electrons. The number of rotatable bonds is 3. The van der Waals surface area contributed by atoms with Gasteiger partial charge in [-0.25, -0.2) is 14.0 Å². The van der Waals surface area contributed by atoms with Gasteiger partial charge < -0.3 is 20.3 Å². The summed E-state index contributed by atoms with van der Waals surface area (Å²) in [7, 11) is 1.36. The molecule has 0 unspecified atom stereocenters. The molecular weight excluding hydrogens is 301 g/mol. The van der Waals surface area contributed by atoms with Gasteiger partial charge in [0.15, 0.2) is 0 Å². The van der Waals surface area contributed by atoms with Crippen molar-refractivity contribution in [3.05, 3.63) is 35.1 Å². The van der Waals surface area contributed by atoms with Crippen LogP contribution in [0.2, 0.25) is 0 Å². The van der Waals surface area contributed by atoms with Crippen LogP contribution in [0.25, 0.3) is 0 Å². The van der Waals surface area contributed by atoms with E-state index >= 15 is 0 Å². The number of carbonyl (C=O) groups excluding carboxylic acids is 2. The number of aryl methyl sites for hydroxylation is 1. The van der Waals surface area contributed by atoms with E-state index in [4.69, 9.17) is 0 Å². The molecule has 1 saturated heterocycles. The van der Waals surface area contributed by atoms with Gasteiger partial charge in [0, 0.05) is 25.7 Å². The van der Waals surface area contributed by atoms with Gasteiger partial charge in [-0.1, -0.05) is 12.1 Å². The predicted octanol–water partition coefficient (Wildman–Crippen LogP) is 2.16. The van der Waals surface area contributed by atoms with Gasteiger partial charge in [-0.3, -0.25) is 0 Å². The number of methoxy groups -OCH3 is 1. The van der Waals surface area contributed by atoms with Crippen LogP contribution in [0.1, 0.15) is 24.0 Å². The largest absolute Gasteiger partial charge is 0.453 e. The minimum absolute atomic E-state index is 0.0332. The average molecular weight is 323 g/mol. The minimum atomic E-state index is -0.334. The molecule has 0 aliphatic carbocycles. The molecule has 1 aromatic rings. The molecule has 126 valence electrons. The molecule has 2 rings (SSSR count). The second kappa shape index (κ2) is 7.80. The van der Waals surface area contributed by atoms with E-state index in [0.717, 1.165) is 5.56 Å². The predicted molar refractivity (Wildman–Crippen MR) is 83.5 cm³/mol. The summed E-state index contributed by atoms with van der Waals surface area (Å²) in [5, 5.41) is 5.65. The molecule has 1 aliphatic rings. The summed E-state index contributed by atoms with van der Waals surface area (Å²) in [5.74, 6) is -0.254. The Balaban J connectivity index is 1.73. The Labute approximate surface area is 135 Å².